The number of hydrogen-bond acceptors (Lipinski definition) is 7. The van der Waals surface area contributed by atoms with Gasteiger partial charge >= 0.3 is 6.01 Å². The summed E-state index contributed by atoms with van der Waals surface area (Å²) in [4.78, 5) is 23.0. The number of ether oxygens (including phenoxy) is 1. The van der Waals surface area contributed by atoms with Gasteiger partial charge in [-0.05, 0) is 13.3 Å². The van der Waals surface area contributed by atoms with E-state index in [4.69, 9.17) is 10.5 Å². The van der Waals surface area contributed by atoms with Crippen molar-refractivity contribution in [2.24, 2.45) is 0 Å². The summed E-state index contributed by atoms with van der Waals surface area (Å²) in [5.74, 6) is 0.543. The van der Waals surface area contributed by atoms with E-state index in [-0.39, 0.29) is 23.9 Å². The summed E-state index contributed by atoms with van der Waals surface area (Å²) >= 11 is 0. The summed E-state index contributed by atoms with van der Waals surface area (Å²) < 4.78 is 5.18. The largest absolute Gasteiger partial charge is 0.464 e. The van der Waals surface area contributed by atoms with E-state index >= 15 is 0 Å². The second-order valence-corrected chi connectivity index (χ2v) is 3.92. The minimum Gasteiger partial charge on any atom is -0.464 e. The molecule has 98 valence electrons. The summed E-state index contributed by atoms with van der Waals surface area (Å²) in [5, 5.41) is 5.88. The monoisotopic (exact) mass is 252 g/mol. The highest BCUT2D eigenvalue weighted by Gasteiger charge is 2.19. The lowest BCUT2D eigenvalue weighted by Gasteiger charge is -2.23. The second-order valence-electron chi connectivity index (χ2n) is 3.92. The molecule has 0 aliphatic carbocycles. The molecule has 18 heavy (non-hydrogen) atoms. The highest BCUT2D eigenvalue weighted by molar-refractivity contribution is 5.76. The molecule has 1 aliphatic rings. The van der Waals surface area contributed by atoms with Crippen molar-refractivity contribution in [2.75, 3.05) is 24.2 Å². The fourth-order valence-electron chi connectivity index (χ4n) is 1.67. The zero-order valence-corrected chi connectivity index (χ0v) is 10.1. The number of hydrogen-bond donors (Lipinski definition) is 3. The molecule has 1 amide bonds. The van der Waals surface area contributed by atoms with E-state index in [1.165, 1.54) is 0 Å². The van der Waals surface area contributed by atoms with Crippen LogP contribution < -0.4 is 21.1 Å². The summed E-state index contributed by atoms with van der Waals surface area (Å²) in [5.41, 5.74) is 5.56. The molecule has 0 spiro atoms. The minimum atomic E-state index is 0.0678. The Morgan fingerprint density at radius 3 is 3.00 bits per heavy atom. The van der Waals surface area contributed by atoms with E-state index in [0.717, 1.165) is 6.42 Å². The van der Waals surface area contributed by atoms with Crippen molar-refractivity contribution in [3.63, 3.8) is 0 Å². The van der Waals surface area contributed by atoms with Crippen LogP contribution in [0.25, 0.3) is 0 Å². The summed E-state index contributed by atoms with van der Waals surface area (Å²) in [6.07, 6.45) is 1.23. The molecule has 1 saturated heterocycles. The Hall–Kier alpha value is -2.12. The van der Waals surface area contributed by atoms with E-state index in [0.29, 0.717) is 25.5 Å². The molecule has 8 heteroatoms. The standard InChI is InChI=1S/C10H16N6O2/c1-2-18-10-15-8(11)14-9(16-10)13-6-3-4-7(17)12-5-6/h6H,2-5H2,1H3,(H,12,17)(H3,11,13,14,15,16). The molecule has 0 saturated carbocycles. The molecule has 0 aromatic carbocycles. The summed E-state index contributed by atoms with van der Waals surface area (Å²) in [6.45, 7) is 2.85. The maximum atomic E-state index is 11.0. The number of piperidine rings is 1. The molecular formula is C10H16N6O2. The van der Waals surface area contributed by atoms with Crippen LogP contribution in [-0.2, 0) is 4.79 Å². The van der Waals surface area contributed by atoms with Gasteiger partial charge in [0.15, 0.2) is 0 Å². The van der Waals surface area contributed by atoms with Gasteiger partial charge in [-0.3, -0.25) is 4.79 Å². The molecule has 1 unspecified atom stereocenters. The van der Waals surface area contributed by atoms with Crippen molar-refractivity contribution in [3.05, 3.63) is 0 Å². The Morgan fingerprint density at radius 2 is 2.33 bits per heavy atom. The molecular weight excluding hydrogens is 236 g/mol. The molecule has 1 aromatic heterocycles. The highest BCUT2D eigenvalue weighted by Crippen LogP contribution is 2.12. The zero-order chi connectivity index (χ0) is 13.0. The minimum absolute atomic E-state index is 0.0678. The van der Waals surface area contributed by atoms with Gasteiger partial charge in [-0.2, -0.15) is 15.0 Å². The van der Waals surface area contributed by atoms with Crippen molar-refractivity contribution in [1.29, 1.82) is 0 Å². The number of nitrogens with one attached hydrogen (secondary N) is 2. The Bertz CT molecular complexity index is 428. The van der Waals surface area contributed by atoms with Gasteiger partial charge in [0.25, 0.3) is 0 Å². The smallest absolute Gasteiger partial charge is 0.323 e. The van der Waals surface area contributed by atoms with E-state index in [1.54, 1.807) is 0 Å². The number of aromatic nitrogens is 3. The number of nitrogens with zero attached hydrogens (tertiary/aromatic N) is 3. The maximum Gasteiger partial charge on any atom is 0.323 e. The predicted octanol–water partition coefficient (Wildman–Crippen LogP) is -0.457. The van der Waals surface area contributed by atoms with Crippen LogP contribution in [0.15, 0.2) is 0 Å². The molecule has 2 rings (SSSR count). The van der Waals surface area contributed by atoms with Crippen LogP contribution in [0.5, 0.6) is 6.01 Å². The number of amides is 1. The average Bonchev–Trinajstić information content (AvgIpc) is 2.32. The van der Waals surface area contributed by atoms with Gasteiger partial charge in [-0.1, -0.05) is 0 Å². The molecule has 4 N–H and O–H groups in total. The summed E-state index contributed by atoms with van der Waals surface area (Å²) in [6, 6.07) is 0.298. The topological polar surface area (TPSA) is 115 Å². The predicted molar refractivity (Wildman–Crippen MR) is 65.1 cm³/mol. The van der Waals surface area contributed by atoms with Gasteiger partial charge in [-0.25, -0.2) is 0 Å². The van der Waals surface area contributed by atoms with Crippen LogP contribution in [0.4, 0.5) is 11.9 Å². The SMILES string of the molecule is CCOc1nc(N)nc(NC2CCC(=O)NC2)n1. The van der Waals surface area contributed by atoms with Crippen LogP contribution in [-0.4, -0.2) is 40.1 Å². The third-order valence-electron chi connectivity index (χ3n) is 2.50. The molecule has 8 nitrogen and oxygen atoms in total. The quantitative estimate of drug-likeness (QED) is 0.664. The third kappa shape index (κ3) is 3.19. The van der Waals surface area contributed by atoms with Crippen molar-refractivity contribution in [2.45, 2.75) is 25.8 Å². The Kier molecular flexibility index (Phi) is 3.75. The van der Waals surface area contributed by atoms with Crippen LogP contribution >= 0.6 is 0 Å². The van der Waals surface area contributed by atoms with Crippen molar-refractivity contribution in [1.82, 2.24) is 20.3 Å². The molecule has 1 aromatic rings. The summed E-state index contributed by atoms with van der Waals surface area (Å²) in [7, 11) is 0. The van der Waals surface area contributed by atoms with E-state index in [2.05, 4.69) is 25.6 Å². The average molecular weight is 252 g/mol. The molecule has 1 aliphatic heterocycles. The number of carbonyl (C=O) groups is 1. The first kappa shape index (κ1) is 12.3. The van der Waals surface area contributed by atoms with Crippen LogP contribution in [0.3, 0.4) is 0 Å². The first-order chi connectivity index (χ1) is 8.67. The molecule has 0 bridgehead atoms. The molecule has 0 radical (unpaired) electrons. The van der Waals surface area contributed by atoms with Crippen LogP contribution in [0.1, 0.15) is 19.8 Å². The van der Waals surface area contributed by atoms with Crippen molar-refractivity contribution in [3.8, 4) is 6.01 Å². The van der Waals surface area contributed by atoms with Crippen LogP contribution in [0.2, 0.25) is 0 Å². The first-order valence-corrected chi connectivity index (χ1v) is 5.85. The van der Waals surface area contributed by atoms with Gasteiger partial charge in [-0.15, -0.1) is 0 Å². The number of rotatable bonds is 4. The Morgan fingerprint density at radius 1 is 1.50 bits per heavy atom. The number of nitrogens with two attached hydrogens (primary N) is 1. The highest BCUT2D eigenvalue weighted by atomic mass is 16.5. The lowest BCUT2D eigenvalue weighted by molar-refractivity contribution is -0.122. The van der Waals surface area contributed by atoms with Gasteiger partial charge in [0.1, 0.15) is 0 Å². The lowest BCUT2D eigenvalue weighted by Crippen LogP contribution is -2.42. The number of anilines is 2. The molecule has 1 fully saturated rings. The molecule has 2 heterocycles. The normalized spacial score (nSPS) is 19.2. The fraction of sp³-hybridized carbons (Fsp3) is 0.600. The van der Waals surface area contributed by atoms with Gasteiger partial charge in [0, 0.05) is 19.0 Å². The van der Waals surface area contributed by atoms with E-state index in [9.17, 15) is 4.79 Å². The number of carbonyl (C=O) groups excluding carboxylic acids is 1. The van der Waals surface area contributed by atoms with Gasteiger partial charge < -0.3 is 21.1 Å². The van der Waals surface area contributed by atoms with E-state index < -0.39 is 0 Å². The third-order valence-corrected chi connectivity index (χ3v) is 2.50. The van der Waals surface area contributed by atoms with Crippen LogP contribution in [0, 0.1) is 0 Å². The lowest BCUT2D eigenvalue weighted by atomic mass is 10.1. The number of nitrogen functional groups attached to an aromatic ring is 1. The van der Waals surface area contributed by atoms with Crippen molar-refractivity contribution >= 4 is 17.8 Å². The first-order valence-electron chi connectivity index (χ1n) is 5.85. The Balaban J connectivity index is 2.02. The second kappa shape index (κ2) is 5.48. The maximum absolute atomic E-state index is 11.0. The molecule has 1 atom stereocenters. The zero-order valence-electron chi connectivity index (χ0n) is 10.1. The van der Waals surface area contributed by atoms with Gasteiger partial charge in [0.05, 0.1) is 6.61 Å². The van der Waals surface area contributed by atoms with Gasteiger partial charge in [0.2, 0.25) is 17.8 Å². The fourth-order valence-corrected chi connectivity index (χ4v) is 1.67. The van der Waals surface area contributed by atoms with Crippen molar-refractivity contribution < 1.29 is 9.53 Å². The Labute approximate surface area is 104 Å². The van der Waals surface area contributed by atoms with E-state index in [1.807, 2.05) is 6.92 Å².